The molecule has 0 radical (unpaired) electrons. The van der Waals surface area contributed by atoms with Gasteiger partial charge in [0.05, 0.1) is 0 Å². The van der Waals surface area contributed by atoms with E-state index < -0.39 is 0 Å². The molecule has 0 unspecified atom stereocenters. The lowest BCUT2D eigenvalue weighted by molar-refractivity contribution is -0.129. The first-order valence-electron chi connectivity index (χ1n) is 4.29. The van der Waals surface area contributed by atoms with Crippen molar-refractivity contribution in [2.75, 3.05) is 20.1 Å². The molecule has 0 spiro atoms. The normalized spacial score (nSPS) is 18.2. The van der Waals surface area contributed by atoms with Gasteiger partial charge in [-0.05, 0) is 19.9 Å². The highest BCUT2D eigenvalue weighted by molar-refractivity contribution is 5.73. The fourth-order valence-electron chi connectivity index (χ4n) is 1.21. The minimum absolute atomic E-state index is 0.173. The van der Waals surface area contributed by atoms with Crippen LogP contribution in [0.4, 0.5) is 0 Å². The zero-order valence-corrected chi connectivity index (χ0v) is 7.92. The summed E-state index contributed by atoms with van der Waals surface area (Å²) in [5.74, 6) is 0.173. The van der Waals surface area contributed by atoms with Crippen LogP contribution in [0, 0.1) is 0 Å². The zero-order valence-electron chi connectivity index (χ0n) is 7.92. The van der Waals surface area contributed by atoms with Gasteiger partial charge in [0.15, 0.2) is 0 Å². The quantitative estimate of drug-likeness (QED) is 0.520. The molecule has 0 aromatic carbocycles. The summed E-state index contributed by atoms with van der Waals surface area (Å²) in [4.78, 5) is 12.6. The molecule has 4 nitrogen and oxygen atoms in total. The third kappa shape index (κ3) is 3.69. The number of hydrogen-bond donors (Lipinski definition) is 2. The lowest BCUT2D eigenvalue weighted by atomic mass is 10.1. The highest BCUT2D eigenvalue weighted by Crippen LogP contribution is 2.07. The number of hydrogen-bond acceptors (Lipinski definition) is 3. The molecule has 12 heavy (non-hydrogen) atoms. The van der Waals surface area contributed by atoms with Crippen LogP contribution in [0.3, 0.4) is 0 Å². The van der Waals surface area contributed by atoms with Crippen molar-refractivity contribution in [2.45, 2.75) is 25.8 Å². The molecule has 0 aliphatic carbocycles. The number of nitrogens with two attached hydrogens (primary N) is 2. The lowest BCUT2D eigenvalue weighted by Crippen LogP contribution is -2.41. The monoisotopic (exact) mass is 173 g/mol. The highest BCUT2D eigenvalue weighted by Gasteiger charge is 2.16. The van der Waals surface area contributed by atoms with E-state index in [1.165, 1.54) is 7.05 Å². The number of likely N-dealkylation sites (tertiary alicyclic amines) is 1. The molecule has 1 rings (SSSR count). The first kappa shape index (κ1) is 11.4. The fraction of sp³-hybridized carbons (Fsp3) is 0.875. The van der Waals surface area contributed by atoms with Crippen LogP contribution in [0.2, 0.25) is 0 Å². The predicted octanol–water partition coefficient (Wildman–Crippen LogP) is -0.469. The summed E-state index contributed by atoms with van der Waals surface area (Å²) < 4.78 is 0. The van der Waals surface area contributed by atoms with Crippen molar-refractivity contribution < 1.29 is 4.79 Å². The van der Waals surface area contributed by atoms with Crippen molar-refractivity contribution in [3.8, 4) is 0 Å². The van der Waals surface area contributed by atoms with Crippen LogP contribution in [0.5, 0.6) is 0 Å². The summed E-state index contributed by atoms with van der Waals surface area (Å²) in [6.07, 6.45) is 1.92. The molecule has 0 atom stereocenters. The van der Waals surface area contributed by atoms with Crippen molar-refractivity contribution in [3.05, 3.63) is 0 Å². The minimum atomic E-state index is 0.173. The van der Waals surface area contributed by atoms with Gasteiger partial charge >= 0.3 is 0 Å². The standard InChI is InChI=1S/C7H14N2O.CH5N/c1-6(10)9-4-2-7(8)3-5-9;1-2/h7H,2-5,8H2,1H3;2H2,1H3. The second-order valence-electron chi connectivity index (χ2n) is 2.84. The Balaban J connectivity index is 0.000000561. The van der Waals surface area contributed by atoms with Crippen LogP contribution in [0.25, 0.3) is 0 Å². The average molecular weight is 173 g/mol. The molecular weight excluding hydrogens is 154 g/mol. The van der Waals surface area contributed by atoms with Crippen molar-refractivity contribution >= 4 is 5.91 Å². The molecule has 0 saturated carbocycles. The van der Waals surface area contributed by atoms with Crippen LogP contribution >= 0.6 is 0 Å². The molecule has 1 heterocycles. The Morgan fingerprint density at radius 3 is 2.08 bits per heavy atom. The third-order valence-electron chi connectivity index (χ3n) is 1.98. The van der Waals surface area contributed by atoms with Gasteiger partial charge in [0.1, 0.15) is 0 Å². The Bertz CT molecular complexity index is 130. The van der Waals surface area contributed by atoms with E-state index in [9.17, 15) is 4.79 Å². The number of rotatable bonds is 0. The van der Waals surface area contributed by atoms with Gasteiger partial charge in [0, 0.05) is 26.1 Å². The first-order chi connectivity index (χ1) is 5.70. The van der Waals surface area contributed by atoms with E-state index in [4.69, 9.17) is 5.73 Å². The number of nitrogens with zero attached hydrogens (tertiary/aromatic N) is 1. The summed E-state index contributed by atoms with van der Waals surface area (Å²) in [7, 11) is 1.50. The maximum Gasteiger partial charge on any atom is 0.219 e. The van der Waals surface area contributed by atoms with Crippen molar-refractivity contribution in [2.24, 2.45) is 11.5 Å². The van der Waals surface area contributed by atoms with Gasteiger partial charge < -0.3 is 16.4 Å². The maximum atomic E-state index is 10.8. The van der Waals surface area contributed by atoms with E-state index >= 15 is 0 Å². The summed E-state index contributed by atoms with van der Waals surface area (Å²) >= 11 is 0. The molecule has 1 fully saturated rings. The molecule has 1 aliphatic rings. The van der Waals surface area contributed by atoms with Gasteiger partial charge in [-0.2, -0.15) is 0 Å². The molecule has 0 aromatic rings. The topological polar surface area (TPSA) is 72.3 Å². The van der Waals surface area contributed by atoms with Gasteiger partial charge in [-0.1, -0.05) is 0 Å². The minimum Gasteiger partial charge on any atom is -0.343 e. The van der Waals surface area contributed by atoms with E-state index in [0.717, 1.165) is 25.9 Å². The Morgan fingerprint density at radius 1 is 1.33 bits per heavy atom. The van der Waals surface area contributed by atoms with E-state index in [0.29, 0.717) is 6.04 Å². The summed E-state index contributed by atoms with van der Waals surface area (Å²) in [5.41, 5.74) is 10.2. The molecular formula is C8H19N3O. The molecule has 1 saturated heterocycles. The van der Waals surface area contributed by atoms with Gasteiger partial charge in [0.2, 0.25) is 5.91 Å². The molecule has 4 N–H and O–H groups in total. The number of piperidine rings is 1. The molecule has 1 amide bonds. The number of amides is 1. The maximum absolute atomic E-state index is 10.8. The van der Waals surface area contributed by atoms with Crippen molar-refractivity contribution in [1.29, 1.82) is 0 Å². The SMILES string of the molecule is CC(=O)N1CCC(N)CC1.CN. The zero-order chi connectivity index (χ0) is 9.56. The van der Waals surface area contributed by atoms with Gasteiger partial charge in [-0.25, -0.2) is 0 Å². The van der Waals surface area contributed by atoms with Gasteiger partial charge in [0.25, 0.3) is 0 Å². The van der Waals surface area contributed by atoms with Crippen LogP contribution < -0.4 is 11.5 Å². The molecule has 1 aliphatic heterocycles. The molecule has 0 aromatic heterocycles. The largest absolute Gasteiger partial charge is 0.343 e. The molecule has 0 bridgehead atoms. The Labute approximate surface area is 73.9 Å². The Morgan fingerprint density at radius 2 is 1.75 bits per heavy atom. The van der Waals surface area contributed by atoms with Crippen LogP contribution in [0.15, 0.2) is 0 Å². The Kier molecular flexibility index (Phi) is 5.66. The average Bonchev–Trinajstić information content (AvgIpc) is 2.09. The Hall–Kier alpha value is -0.610. The molecule has 4 heteroatoms. The number of carbonyl (C=O) groups excluding carboxylic acids is 1. The smallest absolute Gasteiger partial charge is 0.219 e. The van der Waals surface area contributed by atoms with E-state index in [1.54, 1.807) is 6.92 Å². The summed E-state index contributed by atoms with van der Waals surface area (Å²) in [5, 5.41) is 0. The van der Waals surface area contributed by atoms with Gasteiger partial charge in [-0.15, -0.1) is 0 Å². The third-order valence-corrected chi connectivity index (χ3v) is 1.98. The second-order valence-corrected chi connectivity index (χ2v) is 2.84. The van der Waals surface area contributed by atoms with Crippen molar-refractivity contribution in [3.63, 3.8) is 0 Å². The molecule has 72 valence electrons. The highest BCUT2D eigenvalue weighted by atomic mass is 16.2. The first-order valence-corrected chi connectivity index (χ1v) is 4.29. The van der Waals surface area contributed by atoms with Crippen LogP contribution in [0.1, 0.15) is 19.8 Å². The summed E-state index contributed by atoms with van der Waals surface area (Å²) in [6.45, 7) is 3.30. The number of carbonyl (C=O) groups is 1. The van der Waals surface area contributed by atoms with E-state index in [-0.39, 0.29) is 5.91 Å². The van der Waals surface area contributed by atoms with E-state index in [1.807, 2.05) is 4.90 Å². The van der Waals surface area contributed by atoms with Crippen LogP contribution in [-0.4, -0.2) is 37.0 Å². The van der Waals surface area contributed by atoms with Crippen molar-refractivity contribution in [1.82, 2.24) is 4.90 Å². The lowest BCUT2D eigenvalue weighted by Gasteiger charge is -2.28. The summed E-state index contributed by atoms with van der Waals surface area (Å²) in [6, 6.07) is 0.315. The van der Waals surface area contributed by atoms with E-state index in [2.05, 4.69) is 5.73 Å². The fourth-order valence-corrected chi connectivity index (χ4v) is 1.21. The second kappa shape index (κ2) is 5.97. The predicted molar refractivity (Wildman–Crippen MR) is 49.6 cm³/mol. The van der Waals surface area contributed by atoms with Crippen LogP contribution in [-0.2, 0) is 4.79 Å². The van der Waals surface area contributed by atoms with Gasteiger partial charge in [-0.3, -0.25) is 4.79 Å².